The van der Waals surface area contributed by atoms with E-state index in [0.29, 0.717) is 40.0 Å². The molecule has 3 aromatic rings. The van der Waals surface area contributed by atoms with E-state index in [1.807, 2.05) is 26.0 Å². The van der Waals surface area contributed by atoms with Crippen LogP contribution in [0.25, 0.3) is 22.5 Å². The molecule has 2 aromatic carbocycles. The van der Waals surface area contributed by atoms with Gasteiger partial charge in [0.25, 0.3) is 5.91 Å². The second kappa shape index (κ2) is 10.3. The largest absolute Gasteiger partial charge is 0.495 e. The van der Waals surface area contributed by atoms with Crippen molar-refractivity contribution in [2.75, 3.05) is 33.8 Å². The first-order valence-corrected chi connectivity index (χ1v) is 10.4. The molecule has 9 nitrogen and oxygen atoms in total. The summed E-state index contributed by atoms with van der Waals surface area (Å²) < 4.78 is 27.4. The topological polar surface area (TPSA) is 120 Å². The molecule has 1 aromatic heterocycles. The zero-order valence-corrected chi connectivity index (χ0v) is 19.7. The molecule has 0 aliphatic carbocycles. The Balaban J connectivity index is 2.06. The van der Waals surface area contributed by atoms with Crippen LogP contribution in [0.4, 0.5) is 5.69 Å². The number of amides is 1. The molecule has 0 spiro atoms. The predicted molar refractivity (Wildman–Crippen MR) is 124 cm³/mol. The summed E-state index contributed by atoms with van der Waals surface area (Å²) in [6, 6.07) is 8.64. The Bertz CT molecular complexity index is 1100. The van der Waals surface area contributed by atoms with Crippen molar-refractivity contribution in [3.05, 3.63) is 36.5 Å². The van der Waals surface area contributed by atoms with Gasteiger partial charge in [0.05, 0.1) is 40.3 Å². The molecule has 3 rings (SSSR count). The molecule has 1 amide bonds. The van der Waals surface area contributed by atoms with E-state index in [1.165, 1.54) is 0 Å². The summed E-state index contributed by atoms with van der Waals surface area (Å²) in [6.07, 6.45) is 1.62. The Morgan fingerprint density at radius 2 is 1.58 bits per heavy atom. The summed E-state index contributed by atoms with van der Waals surface area (Å²) >= 11 is 0. The Morgan fingerprint density at radius 3 is 2.12 bits per heavy atom. The minimum Gasteiger partial charge on any atom is -0.495 e. The van der Waals surface area contributed by atoms with Crippen LogP contribution >= 0.6 is 0 Å². The lowest BCUT2D eigenvalue weighted by atomic mass is 10.0. The molecular weight excluding hydrogens is 426 g/mol. The molecule has 176 valence electrons. The number of carbonyl (C=O) groups is 1. The summed E-state index contributed by atoms with van der Waals surface area (Å²) in [5, 5.41) is 6.92. The van der Waals surface area contributed by atoms with Gasteiger partial charge in [-0.1, -0.05) is 25.1 Å². The van der Waals surface area contributed by atoms with Crippen LogP contribution in [0.2, 0.25) is 0 Å². The molecule has 0 bridgehead atoms. The standard InChI is InChI=1S/C24H29N3O6/c1-13(2)21(25)24(28)27-17-9-14(7-8-18(17)29-3)16-12-26-33-22(16)15-10-19(30-4)23(32-6)20(11-15)31-5/h7-13,21H,25H2,1-6H3,(H,27,28)/p+1. The minimum absolute atomic E-state index is 0.101. The van der Waals surface area contributed by atoms with Crippen LogP contribution in [0.15, 0.2) is 41.1 Å². The zero-order chi connectivity index (χ0) is 24.1. The van der Waals surface area contributed by atoms with E-state index in [4.69, 9.17) is 23.5 Å². The Kier molecular flexibility index (Phi) is 7.44. The third-order valence-electron chi connectivity index (χ3n) is 5.41. The van der Waals surface area contributed by atoms with E-state index in [9.17, 15) is 4.79 Å². The maximum absolute atomic E-state index is 12.6. The molecule has 0 saturated heterocycles. The van der Waals surface area contributed by atoms with Crippen molar-refractivity contribution < 1.29 is 34.0 Å². The summed E-state index contributed by atoms with van der Waals surface area (Å²) in [5.41, 5.74) is 6.67. The van der Waals surface area contributed by atoms with Gasteiger partial charge in [0.15, 0.2) is 23.3 Å². The van der Waals surface area contributed by atoms with Crippen LogP contribution in [0.3, 0.4) is 0 Å². The van der Waals surface area contributed by atoms with E-state index in [2.05, 4.69) is 16.2 Å². The Morgan fingerprint density at radius 1 is 0.939 bits per heavy atom. The van der Waals surface area contributed by atoms with E-state index in [-0.39, 0.29) is 11.8 Å². The molecule has 1 atom stereocenters. The van der Waals surface area contributed by atoms with Crippen LogP contribution < -0.4 is 30.0 Å². The quantitative estimate of drug-likeness (QED) is 0.507. The lowest BCUT2D eigenvalue weighted by Crippen LogP contribution is -2.68. The normalized spacial score (nSPS) is 11.8. The highest BCUT2D eigenvalue weighted by molar-refractivity contribution is 5.96. The first-order chi connectivity index (χ1) is 15.8. The fourth-order valence-corrected chi connectivity index (χ4v) is 3.37. The summed E-state index contributed by atoms with van der Waals surface area (Å²) in [6.45, 7) is 3.90. The number of rotatable bonds is 9. The number of hydrogen-bond acceptors (Lipinski definition) is 7. The van der Waals surface area contributed by atoms with Gasteiger partial charge in [0, 0.05) is 17.0 Å². The first-order valence-electron chi connectivity index (χ1n) is 10.4. The van der Waals surface area contributed by atoms with Gasteiger partial charge >= 0.3 is 0 Å². The summed E-state index contributed by atoms with van der Waals surface area (Å²) in [7, 11) is 6.19. The fraction of sp³-hybridized carbons (Fsp3) is 0.333. The highest BCUT2D eigenvalue weighted by atomic mass is 16.5. The fourth-order valence-electron chi connectivity index (χ4n) is 3.37. The second-order valence-corrected chi connectivity index (χ2v) is 7.74. The summed E-state index contributed by atoms with van der Waals surface area (Å²) in [5.74, 6) is 2.42. The van der Waals surface area contributed by atoms with Gasteiger partial charge in [-0.05, 0) is 29.8 Å². The molecule has 4 N–H and O–H groups in total. The van der Waals surface area contributed by atoms with Gasteiger partial charge in [-0.25, -0.2) is 0 Å². The van der Waals surface area contributed by atoms with E-state index < -0.39 is 6.04 Å². The van der Waals surface area contributed by atoms with Gasteiger partial charge < -0.3 is 34.5 Å². The number of nitrogens with zero attached hydrogens (tertiary/aromatic N) is 1. The molecule has 0 aliphatic heterocycles. The molecule has 0 saturated carbocycles. The van der Waals surface area contributed by atoms with Crippen molar-refractivity contribution in [3.8, 4) is 45.4 Å². The minimum atomic E-state index is -0.399. The molecule has 33 heavy (non-hydrogen) atoms. The zero-order valence-electron chi connectivity index (χ0n) is 19.7. The van der Waals surface area contributed by atoms with Crippen LogP contribution in [-0.2, 0) is 4.79 Å². The monoisotopic (exact) mass is 456 g/mol. The number of nitrogens with one attached hydrogen (secondary N) is 1. The molecule has 1 unspecified atom stereocenters. The van der Waals surface area contributed by atoms with Crippen molar-refractivity contribution in [2.24, 2.45) is 5.92 Å². The smallest absolute Gasteiger partial charge is 0.282 e. The highest BCUT2D eigenvalue weighted by Crippen LogP contribution is 2.44. The van der Waals surface area contributed by atoms with E-state index in [0.717, 1.165) is 11.1 Å². The SMILES string of the molecule is COc1ccc(-c2cnoc2-c2cc(OC)c(OC)c(OC)c2)cc1NC(=O)C([NH3+])C(C)C. The number of hydrogen-bond donors (Lipinski definition) is 2. The molecule has 1 heterocycles. The van der Waals surface area contributed by atoms with Gasteiger partial charge in [0.1, 0.15) is 5.75 Å². The predicted octanol–water partition coefficient (Wildman–Crippen LogP) is 3.25. The van der Waals surface area contributed by atoms with E-state index >= 15 is 0 Å². The highest BCUT2D eigenvalue weighted by Gasteiger charge is 2.24. The van der Waals surface area contributed by atoms with Gasteiger partial charge in [-0.3, -0.25) is 4.79 Å². The number of anilines is 1. The number of benzene rings is 2. The average Bonchev–Trinajstić information content (AvgIpc) is 3.32. The van der Waals surface area contributed by atoms with Gasteiger partial charge in [0.2, 0.25) is 5.75 Å². The number of carbonyl (C=O) groups excluding carboxylic acids is 1. The first kappa shape index (κ1) is 23.9. The van der Waals surface area contributed by atoms with E-state index in [1.54, 1.807) is 52.8 Å². The third-order valence-corrected chi connectivity index (χ3v) is 5.41. The third kappa shape index (κ3) is 4.88. The lowest BCUT2D eigenvalue weighted by Gasteiger charge is -2.16. The lowest BCUT2D eigenvalue weighted by molar-refractivity contribution is -0.412. The van der Waals surface area contributed by atoms with Crippen molar-refractivity contribution in [1.29, 1.82) is 0 Å². The van der Waals surface area contributed by atoms with Gasteiger partial charge in [-0.2, -0.15) is 0 Å². The van der Waals surface area contributed by atoms with Crippen molar-refractivity contribution >= 4 is 11.6 Å². The summed E-state index contributed by atoms with van der Waals surface area (Å²) in [4.78, 5) is 12.6. The molecule has 0 fully saturated rings. The number of ether oxygens (including phenoxy) is 4. The van der Waals surface area contributed by atoms with Crippen LogP contribution in [-0.4, -0.2) is 45.5 Å². The maximum Gasteiger partial charge on any atom is 0.282 e. The van der Waals surface area contributed by atoms with Crippen LogP contribution in [0.1, 0.15) is 13.8 Å². The number of methoxy groups -OCH3 is 4. The second-order valence-electron chi connectivity index (χ2n) is 7.74. The molecule has 9 heteroatoms. The van der Waals surface area contributed by atoms with Gasteiger partial charge in [-0.15, -0.1) is 0 Å². The molecule has 0 radical (unpaired) electrons. The Hall–Kier alpha value is -3.72. The number of quaternary nitrogens is 1. The molecule has 0 aliphatic rings. The number of aromatic nitrogens is 1. The maximum atomic E-state index is 12.6. The van der Waals surface area contributed by atoms with Crippen LogP contribution in [0.5, 0.6) is 23.0 Å². The van der Waals surface area contributed by atoms with Crippen molar-refractivity contribution in [2.45, 2.75) is 19.9 Å². The molecular formula is C24H30N3O6+. The van der Waals surface area contributed by atoms with Crippen molar-refractivity contribution in [3.63, 3.8) is 0 Å². The van der Waals surface area contributed by atoms with Crippen LogP contribution in [0, 0.1) is 5.92 Å². The average molecular weight is 457 g/mol. The Labute approximate surface area is 192 Å². The van der Waals surface area contributed by atoms with Crippen molar-refractivity contribution in [1.82, 2.24) is 5.16 Å².